The summed E-state index contributed by atoms with van der Waals surface area (Å²) in [6, 6.07) is 1.29. The van der Waals surface area contributed by atoms with E-state index in [0.29, 0.717) is 12.7 Å². The predicted molar refractivity (Wildman–Crippen MR) is 66.6 cm³/mol. The van der Waals surface area contributed by atoms with Crippen LogP contribution in [-0.4, -0.2) is 27.1 Å². The monoisotopic (exact) mass is 228 g/mol. The highest BCUT2D eigenvalue weighted by molar-refractivity contribution is 6.71. The summed E-state index contributed by atoms with van der Waals surface area (Å²) in [5.41, 5.74) is 0. The van der Waals surface area contributed by atoms with Gasteiger partial charge in [-0.2, -0.15) is 0 Å². The smallest absolute Gasteiger partial charge is 0.187 e. The van der Waals surface area contributed by atoms with Gasteiger partial charge in [-0.05, 0) is 32.0 Å². The molecule has 3 heteroatoms. The molecule has 15 heavy (non-hydrogen) atoms. The molecule has 0 spiro atoms. The summed E-state index contributed by atoms with van der Waals surface area (Å²) < 4.78 is 12.0. The number of hydrogen-bond acceptors (Lipinski definition) is 2. The van der Waals surface area contributed by atoms with E-state index >= 15 is 0 Å². The van der Waals surface area contributed by atoms with Gasteiger partial charge in [-0.15, -0.1) is 6.58 Å². The van der Waals surface area contributed by atoms with Crippen molar-refractivity contribution in [2.45, 2.75) is 57.5 Å². The fourth-order valence-electron chi connectivity index (χ4n) is 2.20. The van der Waals surface area contributed by atoms with Gasteiger partial charge in [0.1, 0.15) is 0 Å². The van der Waals surface area contributed by atoms with E-state index in [4.69, 9.17) is 9.16 Å². The molecule has 1 heterocycles. The predicted octanol–water partition coefficient (Wildman–Crippen LogP) is 3.35. The number of ether oxygens (including phenoxy) is 1. The van der Waals surface area contributed by atoms with Crippen LogP contribution in [0.25, 0.3) is 0 Å². The molecule has 0 aromatic heterocycles. The first-order chi connectivity index (χ1) is 7.09. The largest absolute Gasteiger partial charge is 0.412 e. The summed E-state index contributed by atoms with van der Waals surface area (Å²) in [6.07, 6.45) is 5.89. The van der Waals surface area contributed by atoms with Crippen LogP contribution in [0.5, 0.6) is 0 Å². The average molecular weight is 228 g/mol. The minimum atomic E-state index is -1.38. The molecule has 0 aromatic carbocycles. The zero-order valence-corrected chi connectivity index (χ0v) is 11.3. The molecule has 2 unspecified atom stereocenters. The normalized spacial score (nSPS) is 27.3. The van der Waals surface area contributed by atoms with Crippen LogP contribution in [0.3, 0.4) is 0 Å². The molecular formula is C12H24O2Si. The second-order valence-corrected chi connectivity index (χ2v) is 9.13. The lowest BCUT2D eigenvalue weighted by Gasteiger charge is -2.38. The molecule has 2 nitrogen and oxygen atoms in total. The van der Waals surface area contributed by atoms with E-state index in [1.807, 2.05) is 6.08 Å². The zero-order valence-electron chi connectivity index (χ0n) is 10.3. The molecule has 0 radical (unpaired) electrons. The summed E-state index contributed by atoms with van der Waals surface area (Å²) in [5.74, 6) is 0. The van der Waals surface area contributed by atoms with Gasteiger partial charge in [0.25, 0.3) is 0 Å². The van der Waals surface area contributed by atoms with Gasteiger partial charge in [0.15, 0.2) is 8.32 Å². The minimum Gasteiger partial charge on any atom is -0.412 e. The third-order valence-corrected chi connectivity index (χ3v) is 5.48. The molecular weight excluding hydrogens is 204 g/mol. The molecule has 1 fully saturated rings. The van der Waals surface area contributed by atoms with Crippen LogP contribution in [0.4, 0.5) is 0 Å². The summed E-state index contributed by atoms with van der Waals surface area (Å²) in [7, 11) is -1.38. The van der Waals surface area contributed by atoms with Gasteiger partial charge < -0.3 is 9.16 Å². The Kier molecular flexibility index (Phi) is 5.03. The Hall–Kier alpha value is -0.123. The van der Waals surface area contributed by atoms with Crippen LogP contribution in [-0.2, 0) is 9.16 Å². The number of rotatable bonds is 5. The molecule has 0 amide bonds. The molecule has 0 bridgehead atoms. The SMILES string of the molecule is C=CCOC(CC)C1CCC[Si](C)(C)O1. The van der Waals surface area contributed by atoms with E-state index in [0.717, 1.165) is 12.8 Å². The Morgan fingerprint density at radius 2 is 2.33 bits per heavy atom. The highest BCUT2D eigenvalue weighted by Crippen LogP contribution is 2.29. The molecule has 0 aliphatic carbocycles. The van der Waals surface area contributed by atoms with Crippen LogP contribution in [0.2, 0.25) is 19.1 Å². The second-order valence-electron chi connectivity index (χ2n) is 4.88. The Morgan fingerprint density at radius 3 is 2.87 bits per heavy atom. The van der Waals surface area contributed by atoms with Gasteiger partial charge >= 0.3 is 0 Å². The highest BCUT2D eigenvalue weighted by atomic mass is 28.4. The van der Waals surface area contributed by atoms with Crippen LogP contribution >= 0.6 is 0 Å². The van der Waals surface area contributed by atoms with Gasteiger partial charge in [0.05, 0.1) is 18.8 Å². The summed E-state index contributed by atoms with van der Waals surface area (Å²) in [4.78, 5) is 0. The summed E-state index contributed by atoms with van der Waals surface area (Å²) >= 11 is 0. The van der Waals surface area contributed by atoms with Crippen LogP contribution in [0, 0.1) is 0 Å². The Morgan fingerprint density at radius 1 is 1.60 bits per heavy atom. The fraction of sp³-hybridized carbons (Fsp3) is 0.833. The lowest BCUT2D eigenvalue weighted by atomic mass is 10.1. The minimum absolute atomic E-state index is 0.259. The number of hydrogen-bond donors (Lipinski definition) is 0. The van der Waals surface area contributed by atoms with Gasteiger partial charge in [-0.1, -0.05) is 19.4 Å². The van der Waals surface area contributed by atoms with E-state index in [1.54, 1.807) is 0 Å². The standard InChI is InChI=1S/C12H24O2Si/c1-5-9-13-11(6-2)12-8-7-10-15(3,4)14-12/h5,11-12H,1,6-10H2,2-4H3. The third kappa shape index (κ3) is 4.09. The van der Waals surface area contributed by atoms with Crippen LogP contribution in [0.1, 0.15) is 26.2 Å². The highest BCUT2D eigenvalue weighted by Gasteiger charge is 2.34. The van der Waals surface area contributed by atoms with E-state index < -0.39 is 8.32 Å². The van der Waals surface area contributed by atoms with Crippen molar-refractivity contribution in [3.05, 3.63) is 12.7 Å². The molecule has 1 rings (SSSR count). The second kappa shape index (κ2) is 5.82. The Labute approximate surface area is 94.8 Å². The molecule has 1 aliphatic heterocycles. The van der Waals surface area contributed by atoms with E-state index in [2.05, 4.69) is 26.6 Å². The first-order valence-corrected chi connectivity index (χ1v) is 9.11. The van der Waals surface area contributed by atoms with Crippen molar-refractivity contribution in [3.63, 3.8) is 0 Å². The molecule has 0 saturated carbocycles. The lowest BCUT2D eigenvalue weighted by Crippen LogP contribution is -2.45. The van der Waals surface area contributed by atoms with Crippen molar-refractivity contribution in [1.82, 2.24) is 0 Å². The Bertz CT molecular complexity index is 204. The topological polar surface area (TPSA) is 18.5 Å². The average Bonchev–Trinajstić information content (AvgIpc) is 2.17. The molecule has 0 aromatic rings. The molecule has 88 valence electrons. The third-order valence-electron chi connectivity index (χ3n) is 2.98. The first kappa shape index (κ1) is 12.9. The van der Waals surface area contributed by atoms with Crippen molar-refractivity contribution in [2.24, 2.45) is 0 Å². The van der Waals surface area contributed by atoms with Crippen molar-refractivity contribution in [2.75, 3.05) is 6.61 Å². The van der Waals surface area contributed by atoms with Gasteiger partial charge in [0, 0.05) is 0 Å². The summed E-state index contributed by atoms with van der Waals surface area (Å²) in [6.45, 7) is 11.1. The van der Waals surface area contributed by atoms with Crippen molar-refractivity contribution < 1.29 is 9.16 Å². The van der Waals surface area contributed by atoms with Crippen molar-refractivity contribution in [3.8, 4) is 0 Å². The fourth-order valence-corrected chi connectivity index (χ4v) is 4.46. The van der Waals surface area contributed by atoms with Crippen LogP contribution in [0.15, 0.2) is 12.7 Å². The van der Waals surface area contributed by atoms with Crippen molar-refractivity contribution >= 4 is 8.32 Å². The van der Waals surface area contributed by atoms with Gasteiger partial charge in [-0.3, -0.25) is 0 Å². The zero-order chi connectivity index (χ0) is 11.3. The van der Waals surface area contributed by atoms with Gasteiger partial charge in [-0.25, -0.2) is 0 Å². The first-order valence-electron chi connectivity index (χ1n) is 5.99. The molecule has 2 atom stereocenters. The maximum atomic E-state index is 6.20. The molecule has 0 N–H and O–H groups in total. The quantitative estimate of drug-likeness (QED) is 0.531. The Balaban J connectivity index is 2.48. The van der Waals surface area contributed by atoms with Crippen molar-refractivity contribution in [1.29, 1.82) is 0 Å². The molecule has 1 aliphatic rings. The summed E-state index contributed by atoms with van der Waals surface area (Å²) in [5, 5.41) is 0. The van der Waals surface area contributed by atoms with E-state index in [9.17, 15) is 0 Å². The van der Waals surface area contributed by atoms with E-state index in [1.165, 1.54) is 12.5 Å². The van der Waals surface area contributed by atoms with Gasteiger partial charge in [0.2, 0.25) is 0 Å². The van der Waals surface area contributed by atoms with E-state index in [-0.39, 0.29) is 6.10 Å². The maximum Gasteiger partial charge on any atom is 0.187 e. The van der Waals surface area contributed by atoms with Crippen LogP contribution < -0.4 is 0 Å². The maximum absolute atomic E-state index is 6.20. The molecule has 1 saturated heterocycles. The lowest BCUT2D eigenvalue weighted by molar-refractivity contribution is -0.0289.